The van der Waals surface area contributed by atoms with Gasteiger partial charge in [0.1, 0.15) is 11.3 Å². The number of aromatic nitrogens is 1. The molecule has 2 heterocycles. The van der Waals surface area contributed by atoms with Gasteiger partial charge in [-0.25, -0.2) is 9.37 Å². The van der Waals surface area contributed by atoms with Crippen LogP contribution in [0.15, 0.2) is 12.3 Å². The summed E-state index contributed by atoms with van der Waals surface area (Å²) in [4.78, 5) is 15.3. The van der Waals surface area contributed by atoms with E-state index in [0.717, 1.165) is 11.3 Å². The molecule has 1 aliphatic rings. The lowest BCUT2D eigenvalue weighted by molar-refractivity contribution is -0.119. The monoisotopic (exact) mass is 344 g/mol. The van der Waals surface area contributed by atoms with Gasteiger partial charge in [-0.2, -0.15) is 0 Å². The molecule has 1 fully saturated rings. The second-order valence-corrected chi connectivity index (χ2v) is 6.65. The summed E-state index contributed by atoms with van der Waals surface area (Å²) < 4.78 is 13.7. The van der Waals surface area contributed by atoms with E-state index in [1.807, 2.05) is 0 Å². The maximum absolute atomic E-state index is 13.7. The second kappa shape index (κ2) is 7.42. The van der Waals surface area contributed by atoms with E-state index in [1.165, 1.54) is 13.8 Å². The minimum absolute atomic E-state index is 0.00720. The van der Waals surface area contributed by atoms with Crippen molar-refractivity contribution in [3.05, 3.63) is 23.0 Å². The maximum atomic E-state index is 13.7. The lowest BCUT2D eigenvalue weighted by Gasteiger charge is -2.23. The molecule has 0 spiro atoms. The van der Waals surface area contributed by atoms with Crippen molar-refractivity contribution in [2.45, 2.75) is 44.6 Å². The molecular weight excluding hydrogens is 323 g/mol. The summed E-state index contributed by atoms with van der Waals surface area (Å²) in [5.41, 5.74) is 0.191. The largest absolute Gasteiger partial charge is 0.387 e. The number of rotatable bonds is 7. The summed E-state index contributed by atoms with van der Waals surface area (Å²) in [6.45, 7) is 3.81. The molecule has 0 bridgehead atoms. The van der Waals surface area contributed by atoms with Crippen LogP contribution in [0.3, 0.4) is 0 Å². The van der Waals surface area contributed by atoms with E-state index in [2.05, 4.69) is 20.9 Å². The molecule has 2 rings (SSSR count). The first kappa shape index (κ1) is 17.9. The number of pyridine rings is 1. The Morgan fingerprint density at radius 2 is 2.35 bits per heavy atom. The van der Waals surface area contributed by atoms with Gasteiger partial charge in [-0.05, 0) is 19.9 Å². The fourth-order valence-electron chi connectivity index (χ4n) is 2.24. The van der Waals surface area contributed by atoms with E-state index in [9.17, 15) is 14.3 Å². The average molecular weight is 345 g/mol. The molecule has 4 N–H and O–H groups in total. The van der Waals surface area contributed by atoms with Crippen LogP contribution in [0.1, 0.15) is 25.8 Å². The zero-order valence-electron chi connectivity index (χ0n) is 13.2. The Morgan fingerprint density at radius 1 is 1.61 bits per heavy atom. The van der Waals surface area contributed by atoms with Crippen LogP contribution >= 0.6 is 11.6 Å². The Hall–Kier alpha value is -1.44. The van der Waals surface area contributed by atoms with E-state index in [0.29, 0.717) is 24.7 Å². The van der Waals surface area contributed by atoms with Crippen LogP contribution in [-0.2, 0) is 11.3 Å². The average Bonchev–Trinajstić information content (AvgIpc) is 2.85. The number of alkyl halides is 1. The third-order valence-corrected chi connectivity index (χ3v) is 3.90. The maximum Gasteiger partial charge on any atom is 0.222 e. The van der Waals surface area contributed by atoms with E-state index in [1.54, 1.807) is 12.3 Å². The first-order valence-electron chi connectivity index (χ1n) is 7.50. The van der Waals surface area contributed by atoms with E-state index >= 15 is 0 Å². The van der Waals surface area contributed by atoms with Crippen molar-refractivity contribution in [2.75, 3.05) is 18.4 Å². The highest BCUT2D eigenvalue weighted by molar-refractivity contribution is 6.29. The van der Waals surface area contributed by atoms with Crippen LogP contribution in [0, 0.1) is 0 Å². The lowest BCUT2D eigenvalue weighted by atomic mass is 10.0. The Kier molecular flexibility index (Phi) is 5.78. The molecule has 1 aliphatic heterocycles. The molecule has 1 aromatic rings. The predicted octanol–water partition coefficient (Wildman–Crippen LogP) is 1.23. The fraction of sp³-hybridized carbons (Fsp3) is 0.600. The number of carbonyl (C=O) groups is 1. The highest BCUT2D eigenvalue weighted by atomic mass is 35.5. The molecule has 1 unspecified atom stereocenters. The van der Waals surface area contributed by atoms with Crippen molar-refractivity contribution in [1.82, 2.24) is 15.6 Å². The van der Waals surface area contributed by atoms with Crippen molar-refractivity contribution >= 4 is 23.2 Å². The molecular formula is C15H22ClFN4O2. The highest BCUT2D eigenvalue weighted by Gasteiger charge is 2.26. The summed E-state index contributed by atoms with van der Waals surface area (Å²) in [6, 6.07) is 1.68. The minimum Gasteiger partial charge on any atom is -0.387 e. The number of aliphatic hydroxyl groups is 1. The zero-order valence-corrected chi connectivity index (χ0v) is 14.0. The van der Waals surface area contributed by atoms with E-state index in [-0.39, 0.29) is 18.5 Å². The summed E-state index contributed by atoms with van der Waals surface area (Å²) >= 11 is 5.93. The standard InChI is InChI=1S/C15H22ClFN4O2/c1-15(2,23)12(17)8-18-5-9-6-19-13(16)4-11(9)21-10-3-14(22)20-7-10/h4,6,10,12,18,23H,3,5,7-8H2,1-2H3,(H,19,21)(H,20,22)/t10?,12-/m1/s1. The van der Waals surface area contributed by atoms with Crippen LogP contribution < -0.4 is 16.0 Å². The van der Waals surface area contributed by atoms with Gasteiger partial charge in [0.15, 0.2) is 0 Å². The predicted molar refractivity (Wildman–Crippen MR) is 87.2 cm³/mol. The molecule has 23 heavy (non-hydrogen) atoms. The molecule has 8 heteroatoms. The molecule has 1 amide bonds. The number of carbonyl (C=O) groups excluding carboxylic acids is 1. The van der Waals surface area contributed by atoms with Crippen molar-refractivity contribution in [2.24, 2.45) is 0 Å². The van der Waals surface area contributed by atoms with Crippen LogP contribution in [0.5, 0.6) is 0 Å². The van der Waals surface area contributed by atoms with E-state index < -0.39 is 11.8 Å². The van der Waals surface area contributed by atoms with Gasteiger partial charge in [-0.15, -0.1) is 0 Å². The third-order valence-electron chi connectivity index (χ3n) is 3.70. The molecule has 1 aromatic heterocycles. The van der Waals surface area contributed by atoms with Crippen LogP contribution in [0.4, 0.5) is 10.1 Å². The van der Waals surface area contributed by atoms with Gasteiger partial charge in [-0.3, -0.25) is 4.79 Å². The van der Waals surface area contributed by atoms with Gasteiger partial charge in [0.25, 0.3) is 0 Å². The Morgan fingerprint density at radius 3 is 2.96 bits per heavy atom. The summed E-state index contributed by atoms with van der Waals surface area (Å²) in [5.74, 6) is 0.00720. The highest BCUT2D eigenvalue weighted by Crippen LogP contribution is 2.21. The quantitative estimate of drug-likeness (QED) is 0.559. The van der Waals surface area contributed by atoms with Gasteiger partial charge in [-0.1, -0.05) is 11.6 Å². The molecule has 1 saturated heterocycles. The number of halogens is 2. The van der Waals surface area contributed by atoms with Crippen molar-refractivity contribution in [3.63, 3.8) is 0 Å². The number of hydrogen-bond acceptors (Lipinski definition) is 5. The molecule has 0 radical (unpaired) electrons. The lowest BCUT2D eigenvalue weighted by Crippen LogP contribution is -2.40. The van der Waals surface area contributed by atoms with Gasteiger partial charge < -0.3 is 21.1 Å². The fourth-order valence-corrected chi connectivity index (χ4v) is 2.40. The topological polar surface area (TPSA) is 86.3 Å². The Labute approximate surface area is 139 Å². The normalized spacial score (nSPS) is 19.5. The number of nitrogens with zero attached hydrogens (tertiary/aromatic N) is 1. The molecule has 128 valence electrons. The Balaban J connectivity index is 1.97. The molecule has 0 aliphatic carbocycles. The van der Waals surface area contributed by atoms with Gasteiger partial charge in [0, 0.05) is 43.5 Å². The number of anilines is 1. The zero-order chi connectivity index (χ0) is 17.0. The van der Waals surface area contributed by atoms with Gasteiger partial charge in [0.2, 0.25) is 5.91 Å². The molecule has 2 atom stereocenters. The molecule has 0 aromatic carbocycles. The SMILES string of the molecule is CC(C)(O)[C@H](F)CNCc1cnc(Cl)cc1NC1CNC(=O)C1. The van der Waals surface area contributed by atoms with Crippen LogP contribution in [-0.4, -0.2) is 46.9 Å². The van der Waals surface area contributed by atoms with Crippen molar-refractivity contribution in [3.8, 4) is 0 Å². The Bertz CT molecular complexity index is 565. The van der Waals surface area contributed by atoms with Crippen LogP contribution in [0.25, 0.3) is 0 Å². The number of amides is 1. The van der Waals surface area contributed by atoms with Crippen LogP contribution in [0.2, 0.25) is 5.15 Å². The van der Waals surface area contributed by atoms with Crippen molar-refractivity contribution < 1.29 is 14.3 Å². The van der Waals surface area contributed by atoms with Crippen molar-refractivity contribution in [1.29, 1.82) is 0 Å². The number of hydrogen-bond donors (Lipinski definition) is 4. The smallest absolute Gasteiger partial charge is 0.222 e. The van der Waals surface area contributed by atoms with E-state index in [4.69, 9.17) is 11.6 Å². The first-order valence-corrected chi connectivity index (χ1v) is 7.88. The van der Waals surface area contributed by atoms with Gasteiger partial charge in [0.05, 0.1) is 11.6 Å². The minimum atomic E-state index is -1.39. The first-order chi connectivity index (χ1) is 10.8. The number of nitrogens with one attached hydrogen (secondary N) is 3. The molecule has 0 saturated carbocycles. The second-order valence-electron chi connectivity index (χ2n) is 6.27. The summed E-state index contributed by atoms with van der Waals surface area (Å²) in [6.07, 6.45) is 0.632. The third kappa shape index (κ3) is 5.30. The summed E-state index contributed by atoms with van der Waals surface area (Å²) in [5, 5.41) is 18.9. The summed E-state index contributed by atoms with van der Waals surface area (Å²) in [7, 11) is 0. The van der Waals surface area contributed by atoms with Gasteiger partial charge >= 0.3 is 0 Å². The molecule has 6 nitrogen and oxygen atoms in total.